The summed E-state index contributed by atoms with van der Waals surface area (Å²) in [7, 11) is 0. The highest BCUT2D eigenvalue weighted by Crippen LogP contribution is 2.39. The molecule has 1 saturated carbocycles. The summed E-state index contributed by atoms with van der Waals surface area (Å²) in [6, 6.07) is 10.2. The van der Waals surface area contributed by atoms with Crippen LogP contribution in [-0.2, 0) is 4.79 Å². The van der Waals surface area contributed by atoms with Crippen LogP contribution in [0.5, 0.6) is 11.6 Å². The Bertz CT molecular complexity index is 996. The van der Waals surface area contributed by atoms with Crippen molar-refractivity contribution < 1.29 is 13.9 Å². The Morgan fingerprint density at radius 3 is 2.65 bits per heavy atom. The van der Waals surface area contributed by atoms with Crippen molar-refractivity contribution in [2.24, 2.45) is 11.8 Å². The fraction of sp³-hybridized carbons (Fsp3) is 0.333. The van der Waals surface area contributed by atoms with Gasteiger partial charge < -0.3 is 10.1 Å². The van der Waals surface area contributed by atoms with Crippen molar-refractivity contribution in [1.82, 2.24) is 15.0 Å². The van der Waals surface area contributed by atoms with Crippen LogP contribution in [0.1, 0.15) is 44.1 Å². The molecule has 0 radical (unpaired) electrons. The number of halogens is 1. The predicted octanol–water partition coefficient (Wildman–Crippen LogP) is 5.35. The number of hydrogen-bond donors (Lipinski definition) is 1. The van der Waals surface area contributed by atoms with Crippen molar-refractivity contribution >= 4 is 11.7 Å². The van der Waals surface area contributed by atoms with E-state index in [1.54, 1.807) is 12.1 Å². The molecule has 3 atom stereocenters. The lowest BCUT2D eigenvalue weighted by molar-refractivity contribution is -0.121. The number of carbonyl (C=O) groups is 1. The van der Waals surface area contributed by atoms with Gasteiger partial charge in [-0.1, -0.05) is 13.3 Å². The summed E-state index contributed by atoms with van der Waals surface area (Å²) in [6.07, 6.45) is 10.6. The number of hydrogen-bond acceptors (Lipinski definition) is 5. The summed E-state index contributed by atoms with van der Waals surface area (Å²) in [6.45, 7) is 1.99. The summed E-state index contributed by atoms with van der Waals surface area (Å²) in [4.78, 5) is 25.0. The molecule has 7 heteroatoms. The Labute approximate surface area is 180 Å². The molecule has 6 nitrogen and oxygen atoms in total. The van der Waals surface area contributed by atoms with Gasteiger partial charge in [-0.2, -0.15) is 0 Å². The van der Waals surface area contributed by atoms with Crippen molar-refractivity contribution in [3.63, 3.8) is 0 Å². The SMILES string of the molecule is C[C@H](C(=O)Nc1ccc(Oc2ccc(F)cn2)cn1)[C@H]1CCC[C@@H](c2ccncc2)C1. The molecular weight excluding hydrogens is 395 g/mol. The second kappa shape index (κ2) is 9.64. The minimum absolute atomic E-state index is 0.0262. The van der Waals surface area contributed by atoms with Crippen LogP contribution in [0.3, 0.4) is 0 Å². The van der Waals surface area contributed by atoms with Gasteiger partial charge in [0.05, 0.1) is 12.4 Å². The lowest BCUT2D eigenvalue weighted by Crippen LogP contribution is -2.30. The molecule has 0 aliphatic heterocycles. The Morgan fingerprint density at radius 2 is 1.94 bits per heavy atom. The Morgan fingerprint density at radius 1 is 1.10 bits per heavy atom. The number of carbonyl (C=O) groups excluding carboxylic acids is 1. The zero-order chi connectivity index (χ0) is 21.6. The van der Waals surface area contributed by atoms with Crippen molar-refractivity contribution in [2.75, 3.05) is 5.32 Å². The molecule has 3 aromatic rings. The van der Waals surface area contributed by atoms with Gasteiger partial charge in [0.2, 0.25) is 11.8 Å². The normalized spacial score (nSPS) is 19.4. The van der Waals surface area contributed by atoms with Crippen LogP contribution >= 0.6 is 0 Å². The lowest BCUT2D eigenvalue weighted by Gasteiger charge is -2.32. The number of anilines is 1. The van der Waals surface area contributed by atoms with E-state index in [1.807, 2.05) is 19.3 Å². The average molecular weight is 420 g/mol. The van der Waals surface area contributed by atoms with Crippen LogP contribution in [0.25, 0.3) is 0 Å². The molecule has 3 aromatic heterocycles. The largest absolute Gasteiger partial charge is 0.437 e. The minimum atomic E-state index is -0.428. The van der Waals surface area contributed by atoms with E-state index in [0.29, 0.717) is 23.4 Å². The van der Waals surface area contributed by atoms with Gasteiger partial charge in [-0.05, 0) is 67.0 Å². The summed E-state index contributed by atoms with van der Waals surface area (Å²) in [5.41, 5.74) is 1.31. The van der Waals surface area contributed by atoms with Gasteiger partial charge in [-0.15, -0.1) is 0 Å². The molecule has 4 rings (SSSR count). The molecule has 1 fully saturated rings. The molecule has 0 aromatic carbocycles. The van der Waals surface area contributed by atoms with E-state index in [1.165, 1.54) is 23.9 Å². The van der Waals surface area contributed by atoms with Gasteiger partial charge in [0.15, 0.2) is 0 Å². The third kappa shape index (κ3) is 5.42. The maximum absolute atomic E-state index is 12.9. The van der Waals surface area contributed by atoms with E-state index >= 15 is 0 Å². The standard InChI is InChI=1S/C24H25FN4O2/c1-16(18-3-2-4-19(13-18)17-9-11-26-12-10-17)24(30)29-22-7-6-21(15-27-22)31-23-8-5-20(25)14-28-23/h5-12,14-16,18-19H,2-4,13H2,1H3,(H,27,29,30)/t16-,18-,19+/m0/s1. The number of ether oxygens (including phenoxy) is 1. The molecule has 1 amide bonds. The summed E-state index contributed by atoms with van der Waals surface area (Å²) in [5.74, 6) is 1.45. The number of rotatable bonds is 6. The second-order valence-electron chi connectivity index (χ2n) is 7.98. The van der Waals surface area contributed by atoms with Crippen molar-refractivity contribution in [3.05, 3.63) is 72.6 Å². The van der Waals surface area contributed by atoms with Crippen molar-refractivity contribution in [1.29, 1.82) is 0 Å². The maximum Gasteiger partial charge on any atom is 0.228 e. The van der Waals surface area contributed by atoms with E-state index in [0.717, 1.165) is 31.9 Å². The van der Waals surface area contributed by atoms with Crippen LogP contribution in [-0.4, -0.2) is 20.9 Å². The first-order valence-corrected chi connectivity index (χ1v) is 10.5. The number of nitrogens with zero attached hydrogens (tertiary/aromatic N) is 3. The summed E-state index contributed by atoms with van der Waals surface area (Å²) < 4.78 is 18.5. The van der Waals surface area contributed by atoms with E-state index < -0.39 is 5.82 Å². The molecule has 160 valence electrons. The molecule has 0 spiro atoms. The third-order valence-electron chi connectivity index (χ3n) is 5.92. The van der Waals surface area contributed by atoms with Gasteiger partial charge in [-0.3, -0.25) is 9.78 Å². The van der Waals surface area contributed by atoms with Gasteiger partial charge >= 0.3 is 0 Å². The van der Waals surface area contributed by atoms with E-state index in [9.17, 15) is 9.18 Å². The number of amides is 1. The lowest BCUT2D eigenvalue weighted by atomic mass is 9.73. The predicted molar refractivity (Wildman–Crippen MR) is 115 cm³/mol. The van der Waals surface area contributed by atoms with Crippen LogP contribution in [0.2, 0.25) is 0 Å². The molecule has 1 N–H and O–H groups in total. The minimum Gasteiger partial charge on any atom is -0.437 e. The van der Waals surface area contributed by atoms with Gasteiger partial charge in [0.25, 0.3) is 0 Å². The molecule has 31 heavy (non-hydrogen) atoms. The van der Waals surface area contributed by atoms with Gasteiger partial charge in [0, 0.05) is 24.4 Å². The third-order valence-corrected chi connectivity index (χ3v) is 5.92. The smallest absolute Gasteiger partial charge is 0.228 e. The maximum atomic E-state index is 12.9. The molecule has 0 saturated heterocycles. The highest BCUT2D eigenvalue weighted by Gasteiger charge is 2.30. The van der Waals surface area contributed by atoms with E-state index in [-0.39, 0.29) is 17.7 Å². The van der Waals surface area contributed by atoms with Gasteiger partial charge in [-0.25, -0.2) is 14.4 Å². The van der Waals surface area contributed by atoms with Gasteiger partial charge in [0.1, 0.15) is 17.4 Å². The molecule has 3 heterocycles. The number of pyridine rings is 3. The van der Waals surface area contributed by atoms with Crippen LogP contribution in [0.15, 0.2) is 61.2 Å². The van der Waals surface area contributed by atoms with Crippen LogP contribution in [0, 0.1) is 17.7 Å². The zero-order valence-electron chi connectivity index (χ0n) is 17.4. The van der Waals surface area contributed by atoms with Crippen LogP contribution in [0.4, 0.5) is 10.2 Å². The first kappa shape index (κ1) is 20.9. The fourth-order valence-electron chi connectivity index (χ4n) is 4.13. The topological polar surface area (TPSA) is 77.0 Å². The highest BCUT2D eigenvalue weighted by atomic mass is 19.1. The second-order valence-corrected chi connectivity index (χ2v) is 7.98. The molecule has 1 aliphatic rings. The van der Waals surface area contributed by atoms with Crippen molar-refractivity contribution in [2.45, 2.75) is 38.5 Å². The molecular formula is C24H25FN4O2. The average Bonchev–Trinajstić information content (AvgIpc) is 2.82. The Hall–Kier alpha value is -3.35. The first-order chi connectivity index (χ1) is 15.1. The van der Waals surface area contributed by atoms with E-state index in [4.69, 9.17) is 4.74 Å². The fourth-order valence-corrected chi connectivity index (χ4v) is 4.13. The first-order valence-electron chi connectivity index (χ1n) is 10.5. The van der Waals surface area contributed by atoms with E-state index in [2.05, 4.69) is 32.4 Å². The molecule has 0 unspecified atom stereocenters. The number of nitrogens with one attached hydrogen (secondary N) is 1. The highest BCUT2D eigenvalue weighted by molar-refractivity contribution is 5.91. The summed E-state index contributed by atoms with van der Waals surface area (Å²) in [5, 5.41) is 2.91. The van der Waals surface area contributed by atoms with Crippen LogP contribution < -0.4 is 10.1 Å². The summed E-state index contributed by atoms with van der Waals surface area (Å²) >= 11 is 0. The quantitative estimate of drug-likeness (QED) is 0.582. The van der Waals surface area contributed by atoms with Crippen molar-refractivity contribution in [3.8, 4) is 11.6 Å². The molecule has 1 aliphatic carbocycles. The Balaban J connectivity index is 1.33. The monoisotopic (exact) mass is 420 g/mol. The Kier molecular flexibility index (Phi) is 6.50. The molecule has 0 bridgehead atoms. The zero-order valence-corrected chi connectivity index (χ0v) is 17.4. The number of aromatic nitrogens is 3.